The van der Waals surface area contributed by atoms with Crippen LogP contribution in [0.1, 0.15) is 29.2 Å². The lowest BCUT2D eigenvalue weighted by atomic mass is 10.0. The van der Waals surface area contributed by atoms with Gasteiger partial charge in [-0.25, -0.2) is 0 Å². The first kappa shape index (κ1) is 13.5. The van der Waals surface area contributed by atoms with Gasteiger partial charge in [-0.15, -0.1) is 0 Å². The van der Waals surface area contributed by atoms with Crippen LogP contribution < -0.4 is 10.5 Å². The number of benzene rings is 2. The number of nitrogens with two attached hydrogens (primary N) is 1. The monoisotopic (exact) mass is 255 g/mol. The number of hydrogen-bond donors (Lipinski definition) is 1. The summed E-state index contributed by atoms with van der Waals surface area (Å²) < 4.78 is 5.92. The first-order chi connectivity index (χ1) is 9.11. The molecule has 0 aliphatic carbocycles. The number of aryl methyl sites for hydroxylation is 3. The maximum atomic E-state index is 6.04. The number of anilines is 1. The van der Waals surface area contributed by atoms with Crippen molar-refractivity contribution in [2.75, 3.05) is 5.73 Å². The van der Waals surface area contributed by atoms with Crippen molar-refractivity contribution in [2.45, 2.75) is 33.8 Å². The number of ether oxygens (including phenoxy) is 1. The van der Waals surface area contributed by atoms with Crippen molar-refractivity contribution in [2.24, 2.45) is 0 Å². The molecule has 0 bridgehead atoms. The predicted molar refractivity (Wildman–Crippen MR) is 80.5 cm³/mol. The summed E-state index contributed by atoms with van der Waals surface area (Å²) in [6.07, 6.45) is 0.969. The van der Waals surface area contributed by atoms with Gasteiger partial charge in [0.2, 0.25) is 0 Å². The van der Waals surface area contributed by atoms with Crippen LogP contribution in [-0.2, 0) is 13.0 Å². The highest BCUT2D eigenvalue weighted by Gasteiger charge is 2.07. The van der Waals surface area contributed by atoms with Crippen molar-refractivity contribution in [3.8, 4) is 5.75 Å². The summed E-state index contributed by atoms with van der Waals surface area (Å²) >= 11 is 0. The highest BCUT2D eigenvalue weighted by atomic mass is 16.5. The smallest absolute Gasteiger partial charge is 0.122 e. The minimum Gasteiger partial charge on any atom is -0.489 e. The van der Waals surface area contributed by atoms with Gasteiger partial charge in [0.25, 0.3) is 0 Å². The Bertz CT molecular complexity index is 575. The van der Waals surface area contributed by atoms with Gasteiger partial charge in [-0.3, -0.25) is 0 Å². The van der Waals surface area contributed by atoms with Crippen molar-refractivity contribution in [3.05, 3.63) is 58.7 Å². The molecule has 0 spiro atoms. The Morgan fingerprint density at radius 1 is 1.11 bits per heavy atom. The highest BCUT2D eigenvalue weighted by Crippen LogP contribution is 2.23. The summed E-state index contributed by atoms with van der Waals surface area (Å²) in [5.74, 6) is 0.927. The Kier molecular flexibility index (Phi) is 4.10. The third kappa shape index (κ3) is 3.08. The molecule has 0 amide bonds. The second kappa shape index (κ2) is 5.79. The molecule has 0 saturated heterocycles. The Balaban J connectivity index is 2.19. The lowest BCUT2D eigenvalue weighted by Gasteiger charge is -2.14. The maximum Gasteiger partial charge on any atom is 0.122 e. The topological polar surface area (TPSA) is 35.2 Å². The zero-order valence-corrected chi connectivity index (χ0v) is 11.9. The molecule has 2 aromatic carbocycles. The largest absolute Gasteiger partial charge is 0.489 e. The van der Waals surface area contributed by atoms with Crippen LogP contribution in [0.5, 0.6) is 5.75 Å². The zero-order chi connectivity index (χ0) is 13.8. The van der Waals surface area contributed by atoms with Gasteiger partial charge in [0.15, 0.2) is 0 Å². The maximum absolute atomic E-state index is 6.04. The Labute approximate surface area is 115 Å². The van der Waals surface area contributed by atoms with Crippen LogP contribution in [-0.4, -0.2) is 0 Å². The average Bonchev–Trinajstić information content (AvgIpc) is 2.39. The molecule has 19 heavy (non-hydrogen) atoms. The van der Waals surface area contributed by atoms with Crippen LogP contribution in [0, 0.1) is 13.8 Å². The molecule has 0 aliphatic rings. The van der Waals surface area contributed by atoms with Crippen molar-refractivity contribution in [1.29, 1.82) is 0 Å². The second-order valence-electron chi connectivity index (χ2n) is 4.90. The molecular weight excluding hydrogens is 234 g/mol. The van der Waals surface area contributed by atoms with E-state index in [9.17, 15) is 0 Å². The van der Waals surface area contributed by atoms with E-state index in [0.29, 0.717) is 6.61 Å². The molecule has 0 fully saturated rings. The summed E-state index contributed by atoms with van der Waals surface area (Å²) in [5.41, 5.74) is 11.6. The first-order valence-corrected chi connectivity index (χ1v) is 6.68. The van der Waals surface area contributed by atoms with E-state index < -0.39 is 0 Å². The lowest BCUT2D eigenvalue weighted by Crippen LogP contribution is -2.04. The third-order valence-electron chi connectivity index (χ3n) is 3.39. The van der Waals surface area contributed by atoms with Gasteiger partial charge >= 0.3 is 0 Å². The van der Waals surface area contributed by atoms with E-state index in [0.717, 1.165) is 29.0 Å². The summed E-state index contributed by atoms with van der Waals surface area (Å²) in [6, 6.07) is 12.3. The molecule has 2 N–H and O–H groups in total. The van der Waals surface area contributed by atoms with Crippen molar-refractivity contribution in [1.82, 2.24) is 0 Å². The zero-order valence-electron chi connectivity index (χ0n) is 11.9. The van der Waals surface area contributed by atoms with Crippen LogP contribution in [0.2, 0.25) is 0 Å². The first-order valence-electron chi connectivity index (χ1n) is 6.68. The molecule has 0 aliphatic heterocycles. The predicted octanol–water partition coefficient (Wildman–Crippen LogP) is 4.03. The summed E-state index contributed by atoms with van der Waals surface area (Å²) in [5, 5.41) is 0. The van der Waals surface area contributed by atoms with Gasteiger partial charge in [0.1, 0.15) is 12.4 Å². The molecule has 0 radical (unpaired) electrons. The average molecular weight is 255 g/mol. The third-order valence-corrected chi connectivity index (χ3v) is 3.39. The molecule has 0 aromatic heterocycles. The lowest BCUT2D eigenvalue weighted by molar-refractivity contribution is 0.303. The van der Waals surface area contributed by atoms with Crippen molar-refractivity contribution < 1.29 is 4.74 Å². The molecule has 0 saturated carbocycles. The van der Waals surface area contributed by atoms with Gasteiger partial charge in [-0.05, 0) is 43.5 Å². The van der Waals surface area contributed by atoms with Gasteiger partial charge < -0.3 is 10.5 Å². The normalized spacial score (nSPS) is 10.5. The van der Waals surface area contributed by atoms with Crippen LogP contribution in [0.15, 0.2) is 36.4 Å². The number of nitrogen functional groups attached to an aromatic ring is 1. The standard InChI is InChI=1S/C17H21NO/c1-4-14-6-5-7-16(18)15(14)11-19-17-9-8-12(2)10-13(17)3/h5-10H,4,11,18H2,1-3H3. The molecule has 2 nitrogen and oxygen atoms in total. The molecule has 2 aromatic rings. The van der Waals surface area contributed by atoms with Gasteiger partial charge in [-0.2, -0.15) is 0 Å². The molecule has 2 rings (SSSR count). The van der Waals surface area contributed by atoms with E-state index in [2.05, 4.69) is 39.0 Å². The van der Waals surface area contributed by atoms with Crippen LogP contribution in [0.25, 0.3) is 0 Å². The quantitative estimate of drug-likeness (QED) is 0.837. The molecule has 100 valence electrons. The minimum atomic E-state index is 0.528. The highest BCUT2D eigenvalue weighted by molar-refractivity contribution is 5.51. The second-order valence-corrected chi connectivity index (χ2v) is 4.90. The van der Waals surface area contributed by atoms with Crippen LogP contribution in [0.4, 0.5) is 5.69 Å². The van der Waals surface area contributed by atoms with E-state index in [1.165, 1.54) is 11.1 Å². The molecule has 0 unspecified atom stereocenters. The van der Waals surface area contributed by atoms with E-state index in [1.807, 2.05) is 18.2 Å². The van der Waals surface area contributed by atoms with Crippen molar-refractivity contribution >= 4 is 5.69 Å². The van der Waals surface area contributed by atoms with E-state index >= 15 is 0 Å². The Hall–Kier alpha value is -1.96. The fourth-order valence-corrected chi connectivity index (χ4v) is 2.27. The molecule has 0 heterocycles. The summed E-state index contributed by atoms with van der Waals surface area (Å²) in [7, 11) is 0. The fraction of sp³-hybridized carbons (Fsp3) is 0.294. The van der Waals surface area contributed by atoms with Gasteiger partial charge in [0, 0.05) is 11.3 Å². The fourth-order valence-electron chi connectivity index (χ4n) is 2.27. The molecular formula is C17H21NO. The van der Waals surface area contributed by atoms with Gasteiger partial charge in [-0.1, -0.05) is 36.8 Å². The van der Waals surface area contributed by atoms with E-state index in [4.69, 9.17) is 10.5 Å². The van der Waals surface area contributed by atoms with E-state index in [-0.39, 0.29) is 0 Å². The number of hydrogen-bond acceptors (Lipinski definition) is 2. The van der Waals surface area contributed by atoms with Gasteiger partial charge in [0.05, 0.1) is 0 Å². The van der Waals surface area contributed by atoms with Crippen LogP contribution in [0.3, 0.4) is 0 Å². The van der Waals surface area contributed by atoms with E-state index in [1.54, 1.807) is 0 Å². The minimum absolute atomic E-state index is 0.528. The molecule has 0 atom stereocenters. The van der Waals surface area contributed by atoms with Crippen molar-refractivity contribution in [3.63, 3.8) is 0 Å². The Morgan fingerprint density at radius 2 is 1.89 bits per heavy atom. The Morgan fingerprint density at radius 3 is 2.58 bits per heavy atom. The SMILES string of the molecule is CCc1cccc(N)c1COc1ccc(C)cc1C. The van der Waals surface area contributed by atoms with Crippen LogP contribution >= 0.6 is 0 Å². The summed E-state index contributed by atoms with van der Waals surface area (Å²) in [4.78, 5) is 0. The molecule has 2 heteroatoms. The number of rotatable bonds is 4. The summed E-state index contributed by atoms with van der Waals surface area (Å²) in [6.45, 7) is 6.81.